The van der Waals surface area contributed by atoms with Crippen LogP contribution in [0.2, 0.25) is 0 Å². The quantitative estimate of drug-likeness (QED) is 0.821. The van der Waals surface area contributed by atoms with Gasteiger partial charge in [0.15, 0.2) is 0 Å². The Morgan fingerprint density at radius 3 is 2.79 bits per heavy atom. The van der Waals surface area contributed by atoms with Crippen molar-refractivity contribution in [2.75, 3.05) is 13.6 Å². The molecule has 0 aromatic heterocycles. The van der Waals surface area contributed by atoms with Gasteiger partial charge >= 0.3 is 0 Å². The van der Waals surface area contributed by atoms with Crippen molar-refractivity contribution in [2.45, 2.75) is 18.9 Å². The summed E-state index contributed by atoms with van der Waals surface area (Å²) in [6.07, 6.45) is 7.33. The lowest BCUT2D eigenvalue weighted by molar-refractivity contribution is 0.122. The Morgan fingerprint density at radius 2 is 2.11 bits per heavy atom. The largest absolute Gasteiger partial charge is 0.484 e. The number of benzene rings is 1. The van der Waals surface area contributed by atoms with Crippen molar-refractivity contribution in [1.82, 2.24) is 5.32 Å². The molecule has 19 heavy (non-hydrogen) atoms. The van der Waals surface area contributed by atoms with Gasteiger partial charge in [-0.15, -0.1) is 0 Å². The molecule has 1 unspecified atom stereocenters. The first-order valence-electron chi connectivity index (χ1n) is 6.62. The van der Waals surface area contributed by atoms with Crippen LogP contribution in [0.4, 0.5) is 0 Å². The highest BCUT2D eigenvalue weighted by Crippen LogP contribution is 2.25. The number of hydrogen-bond donors (Lipinski definition) is 2. The second kappa shape index (κ2) is 6.90. The minimum absolute atomic E-state index is 0.00764. The van der Waals surface area contributed by atoms with Crippen molar-refractivity contribution < 1.29 is 4.74 Å². The molecule has 1 aliphatic carbocycles. The Kier molecular flexibility index (Phi) is 4.93. The summed E-state index contributed by atoms with van der Waals surface area (Å²) < 4.78 is 6.04. The lowest BCUT2D eigenvalue weighted by Crippen LogP contribution is -2.17. The average molecular weight is 256 g/mol. The molecule has 0 fully saturated rings. The molecular formula is C16H20N2O. The zero-order valence-electron chi connectivity index (χ0n) is 11.2. The summed E-state index contributed by atoms with van der Waals surface area (Å²) in [6, 6.07) is 10.2. The molecule has 3 heteroatoms. The Morgan fingerprint density at radius 1 is 1.32 bits per heavy atom. The maximum atomic E-state index is 7.92. The Hall–Kier alpha value is -1.87. The standard InChI is InChI=1S/C16H20N2O/c1-18-12-11-15(13-7-3-2-4-8-13)19-16-10-6-5-9-14(16)17/h2-8,10,15,17-18H,9,11-12H2,1H3. The summed E-state index contributed by atoms with van der Waals surface area (Å²) in [5.74, 6) is 0.687. The zero-order valence-corrected chi connectivity index (χ0v) is 11.2. The lowest BCUT2D eigenvalue weighted by atomic mass is 10.1. The lowest BCUT2D eigenvalue weighted by Gasteiger charge is -2.22. The van der Waals surface area contributed by atoms with Gasteiger partial charge in [0.2, 0.25) is 0 Å². The van der Waals surface area contributed by atoms with Crippen molar-refractivity contribution in [3.05, 3.63) is 59.9 Å². The van der Waals surface area contributed by atoms with Gasteiger partial charge in [-0.1, -0.05) is 42.5 Å². The first kappa shape index (κ1) is 13.6. The van der Waals surface area contributed by atoms with Gasteiger partial charge in [-0.05, 0) is 25.2 Å². The Labute approximate surface area is 114 Å². The summed E-state index contributed by atoms with van der Waals surface area (Å²) in [5.41, 5.74) is 1.70. The highest BCUT2D eigenvalue weighted by molar-refractivity contribution is 5.98. The topological polar surface area (TPSA) is 45.1 Å². The molecule has 0 bridgehead atoms. The highest BCUT2D eigenvalue weighted by Gasteiger charge is 2.17. The normalized spacial score (nSPS) is 16.1. The molecule has 0 saturated heterocycles. The third-order valence-corrected chi connectivity index (χ3v) is 3.10. The first-order chi connectivity index (χ1) is 9.31. The van der Waals surface area contributed by atoms with Crippen LogP contribution < -0.4 is 5.32 Å². The molecule has 0 aliphatic heterocycles. The number of ether oxygens (including phenoxy) is 1. The van der Waals surface area contributed by atoms with Crippen LogP contribution in [0.5, 0.6) is 0 Å². The van der Waals surface area contributed by atoms with Crippen LogP contribution in [-0.4, -0.2) is 19.3 Å². The van der Waals surface area contributed by atoms with E-state index in [2.05, 4.69) is 17.4 Å². The maximum Gasteiger partial charge on any atom is 0.141 e. The molecule has 0 heterocycles. The van der Waals surface area contributed by atoms with E-state index in [1.165, 1.54) is 0 Å². The number of hydrogen-bond acceptors (Lipinski definition) is 3. The molecule has 1 aliphatic rings. The molecule has 3 nitrogen and oxygen atoms in total. The van der Waals surface area contributed by atoms with Crippen LogP contribution in [0.15, 0.2) is 54.3 Å². The van der Waals surface area contributed by atoms with Gasteiger partial charge in [-0.2, -0.15) is 0 Å². The number of rotatable bonds is 6. The molecule has 2 rings (SSSR count). The van der Waals surface area contributed by atoms with Crippen LogP contribution in [0.1, 0.15) is 24.5 Å². The molecule has 0 spiro atoms. The summed E-state index contributed by atoms with van der Waals surface area (Å²) in [6.45, 7) is 0.885. The average Bonchev–Trinajstić information content (AvgIpc) is 2.46. The predicted molar refractivity (Wildman–Crippen MR) is 78.4 cm³/mol. The maximum absolute atomic E-state index is 7.92. The van der Waals surface area contributed by atoms with E-state index in [1.54, 1.807) is 0 Å². The van der Waals surface area contributed by atoms with Crippen LogP contribution >= 0.6 is 0 Å². The molecule has 0 radical (unpaired) electrons. The van der Waals surface area contributed by atoms with Crippen molar-refractivity contribution in [3.8, 4) is 0 Å². The van der Waals surface area contributed by atoms with Gasteiger partial charge in [-0.3, -0.25) is 0 Å². The molecular weight excluding hydrogens is 236 g/mol. The van der Waals surface area contributed by atoms with E-state index in [0.29, 0.717) is 17.9 Å². The van der Waals surface area contributed by atoms with E-state index in [4.69, 9.17) is 10.1 Å². The smallest absolute Gasteiger partial charge is 0.141 e. The summed E-state index contributed by atoms with van der Waals surface area (Å²) in [7, 11) is 1.94. The number of allylic oxidation sites excluding steroid dienone is 4. The van der Waals surface area contributed by atoms with Gasteiger partial charge < -0.3 is 15.5 Å². The van der Waals surface area contributed by atoms with Gasteiger partial charge in [0.1, 0.15) is 11.9 Å². The van der Waals surface area contributed by atoms with Crippen molar-refractivity contribution >= 4 is 5.71 Å². The monoisotopic (exact) mass is 256 g/mol. The molecule has 1 atom stereocenters. The molecule has 0 saturated carbocycles. The minimum Gasteiger partial charge on any atom is -0.484 e. The third kappa shape index (κ3) is 3.80. The van der Waals surface area contributed by atoms with Crippen LogP contribution in [0, 0.1) is 5.41 Å². The summed E-state index contributed by atoms with van der Waals surface area (Å²) in [4.78, 5) is 0. The minimum atomic E-state index is -0.00764. The molecule has 100 valence electrons. The molecule has 1 aromatic rings. The van der Waals surface area contributed by atoms with E-state index in [1.807, 2.05) is 43.5 Å². The van der Waals surface area contributed by atoms with E-state index in [-0.39, 0.29) is 6.10 Å². The van der Waals surface area contributed by atoms with Crippen LogP contribution in [0.25, 0.3) is 0 Å². The van der Waals surface area contributed by atoms with Crippen LogP contribution in [0.3, 0.4) is 0 Å². The second-order valence-corrected chi connectivity index (χ2v) is 4.55. The van der Waals surface area contributed by atoms with Crippen molar-refractivity contribution in [2.24, 2.45) is 0 Å². The zero-order chi connectivity index (χ0) is 13.5. The summed E-state index contributed by atoms with van der Waals surface area (Å²) in [5, 5.41) is 11.1. The Bertz CT molecular complexity index is 477. The fraction of sp³-hybridized carbons (Fsp3) is 0.312. The van der Waals surface area contributed by atoms with Crippen molar-refractivity contribution in [1.29, 1.82) is 5.41 Å². The van der Waals surface area contributed by atoms with Gasteiger partial charge in [0.05, 0.1) is 5.71 Å². The van der Waals surface area contributed by atoms with E-state index in [9.17, 15) is 0 Å². The van der Waals surface area contributed by atoms with Gasteiger partial charge in [-0.25, -0.2) is 0 Å². The Balaban J connectivity index is 2.12. The van der Waals surface area contributed by atoms with E-state index >= 15 is 0 Å². The predicted octanol–water partition coefficient (Wildman–Crippen LogP) is 3.22. The van der Waals surface area contributed by atoms with E-state index < -0.39 is 0 Å². The molecule has 2 N–H and O–H groups in total. The van der Waals surface area contributed by atoms with Crippen molar-refractivity contribution in [3.63, 3.8) is 0 Å². The fourth-order valence-electron chi connectivity index (χ4n) is 2.04. The van der Waals surface area contributed by atoms with Gasteiger partial charge in [0.25, 0.3) is 0 Å². The highest BCUT2D eigenvalue weighted by atomic mass is 16.5. The van der Waals surface area contributed by atoms with Gasteiger partial charge in [0, 0.05) is 12.8 Å². The third-order valence-electron chi connectivity index (χ3n) is 3.10. The van der Waals surface area contributed by atoms with E-state index in [0.717, 1.165) is 18.5 Å². The molecule has 0 amide bonds. The number of nitrogens with one attached hydrogen (secondary N) is 2. The SMILES string of the molecule is CNCCC(OC1=CC=CCC1=N)c1ccccc1. The van der Waals surface area contributed by atoms with Crippen LogP contribution in [-0.2, 0) is 4.74 Å². The summed E-state index contributed by atoms with van der Waals surface area (Å²) >= 11 is 0. The first-order valence-corrected chi connectivity index (χ1v) is 6.62. The molecule has 1 aromatic carbocycles. The second-order valence-electron chi connectivity index (χ2n) is 4.55. The fourth-order valence-corrected chi connectivity index (χ4v) is 2.04.